The van der Waals surface area contributed by atoms with Gasteiger partial charge in [-0.3, -0.25) is 4.79 Å². The molecule has 0 spiro atoms. The Bertz CT molecular complexity index is 617. The van der Waals surface area contributed by atoms with Gasteiger partial charge in [0.05, 0.1) is 0 Å². The number of benzene rings is 1. The first kappa shape index (κ1) is 17.9. The number of aryl methyl sites for hydroxylation is 1. The van der Waals surface area contributed by atoms with E-state index in [-0.39, 0.29) is 23.2 Å². The van der Waals surface area contributed by atoms with E-state index in [0.717, 1.165) is 12.8 Å². The first-order chi connectivity index (χ1) is 9.75. The lowest BCUT2D eigenvalue weighted by Crippen LogP contribution is -2.30. The largest absolute Gasteiger partial charge is 0.482 e. The summed E-state index contributed by atoms with van der Waals surface area (Å²) in [6.07, 6.45) is 1.86. The number of primary sulfonamides is 1. The Labute approximate surface area is 133 Å². The van der Waals surface area contributed by atoms with Crippen LogP contribution in [0.3, 0.4) is 0 Å². The summed E-state index contributed by atoms with van der Waals surface area (Å²) in [5.41, 5.74) is 0.578. The second kappa shape index (κ2) is 7.77. The highest BCUT2D eigenvalue weighted by atomic mass is 79.9. The fourth-order valence-corrected chi connectivity index (χ4v) is 3.18. The molecule has 1 aromatic carbocycles. The van der Waals surface area contributed by atoms with Crippen LogP contribution in [0.5, 0.6) is 5.75 Å². The predicted octanol–water partition coefficient (Wildman–Crippen LogP) is 1.70. The van der Waals surface area contributed by atoms with Gasteiger partial charge in [-0.2, -0.15) is 0 Å². The number of hydrogen-bond acceptors (Lipinski definition) is 4. The van der Waals surface area contributed by atoms with E-state index in [2.05, 4.69) is 21.2 Å². The summed E-state index contributed by atoms with van der Waals surface area (Å²) in [5, 5.41) is 7.86. The van der Waals surface area contributed by atoms with Crippen molar-refractivity contribution in [1.82, 2.24) is 5.32 Å². The Morgan fingerprint density at radius 2 is 2.10 bits per heavy atom. The first-order valence-electron chi connectivity index (χ1n) is 6.48. The van der Waals surface area contributed by atoms with Crippen molar-refractivity contribution in [2.45, 2.75) is 31.6 Å². The maximum atomic E-state index is 11.6. The molecule has 3 N–H and O–H groups in total. The lowest BCUT2D eigenvalue weighted by atomic mass is 10.2. The first-order valence-corrected chi connectivity index (χ1v) is 8.82. The number of rotatable bonds is 7. The van der Waals surface area contributed by atoms with Gasteiger partial charge in [0.1, 0.15) is 10.6 Å². The number of carbonyl (C=O) groups excluding carboxylic acids is 1. The summed E-state index contributed by atoms with van der Waals surface area (Å²) in [7, 11) is -3.93. The molecule has 0 saturated carbocycles. The molecule has 118 valence electrons. The number of carbonyl (C=O) groups is 1. The van der Waals surface area contributed by atoms with Crippen molar-refractivity contribution in [2.24, 2.45) is 5.14 Å². The fraction of sp³-hybridized carbons (Fsp3) is 0.462. The van der Waals surface area contributed by atoms with Crippen molar-refractivity contribution in [1.29, 1.82) is 0 Å². The number of sulfonamides is 1. The smallest absolute Gasteiger partial charge is 0.257 e. The zero-order chi connectivity index (χ0) is 16.0. The van der Waals surface area contributed by atoms with Gasteiger partial charge < -0.3 is 10.1 Å². The van der Waals surface area contributed by atoms with Crippen molar-refractivity contribution in [3.8, 4) is 5.75 Å². The number of nitrogens with one attached hydrogen (secondary N) is 1. The van der Waals surface area contributed by atoms with E-state index in [4.69, 9.17) is 9.88 Å². The molecule has 6 nitrogen and oxygen atoms in total. The molecule has 0 aromatic heterocycles. The molecule has 1 amide bonds. The highest BCUT2D eigenvalue weighted by Crippen LogP contribution is 2.30. The summed E-state index contributed by atoms with van der Waals surface area (Å²) in [6.45, 7) is 4.02. The Morgan fingerprint density at radius 3 is 2.67 bits per heavy atom. The molecular weight excluding hydrogens is 360 g/mol. The molecule has 1 aromatic rings. The summed E-state index contributed by atoms with van der Waals surface area (Å²) in [4.78, 5) is 11.5. The minimum absolute atomic E-state index is 0.103. The Hall–Kier alpha value is -1.12. The molecule has 0 aliphatic carbocycles. The predicted molar refractivity (Wildman–Crippen MR) is 83.7 cm³/mol. The lowest BCUT2D eigenvalue weighted by Gasteiger charge is -2.13. The molecule has 21 heavy (non-hydrogen) atoms. The average molecular weight is 379 g/mol. The van der Waals surface area contributed by atoms with Crippen LogP contribution in [-0.2, 0) is 14.8 Å². The van der Waals surface area contributed by atoms with Crippen LogP contribution >= 0.6 is 15.9 Å². The van der Waals surface area contributed by atoms with E-state index >= 15 is 0 Å². The van der Waals surface area contributed by atoms with Gasteiger partial charge in [-0.05, 0) is 31.0 Å². The van der Waals surface area contributed by atoms with Crippen LogP contribution in [0, 0.1) is 6.92 Å². The van der Waals surface area contributed by atoms with Crippen molar-refractivity contribution in [3.63, 3.8) is 0 Å². The Morgan fingerprint density at radius 1 is 1.43 bits per heavy atom. The highest BCUT2D eigenvalue weighted by molar-refractivity contribution is 9.10. The monoisotopic (exact) mass is 378 g/mol. The standard InChI is InChI=1S/C13H19BrN2O4S/c1-3-4-5-16-12(17)8-20-13-9(2)6-10(14)7-11(13)21(15,18)19/h6-7H,3-5,8H2,1-2H3,(H,16,17)(H2,15,18,19). The molecule has 0 aliphatic heterocycles. The van der Waals surface area contributed by atoms with Gasteiger partial charge in [-0.1, -0.05) is 29.3 Å². The van der Waals surface area contributed by atoms with E-state index in [9.17, 15) is 13.2 Å². The van der Waals surface area contributed by atoms with Crippen LogP contribution in [0.2, 0.25) is 0 Å². The van der Waals surface area contributed by atoms with E-state index in [0.29, 0.717) is 16.6 Å². The third kappa shape index (κ3) is 5.64. The molecule has 0 fully saturated rings. The Kier molecular flexibility index (Phi) is 6.63. The van der Waals surface area contributed by atoms with Crippen molar-refractivity contribution >= 4 is 31.9 Å². The SMILES string of the molecule is CCCCNC(=O)COc1c(C)cc(Br)cc1S(N)(=O)=O. The number of nitrogens with two attached hydrogens (primary N) is 1. The molecule has 0 aliphatic rings. The van der Waals surface area contributed by atoms with Crippen LogP contribution in [-0.4, -0.2) is 27.5 Å². The van der Waals surface area contributed by atoms with Gasteiger partial charge in [0.2, 0.25) is 10.0 Å². The van der Waals surface area contributed by atoms with Crippen molar-refractivity contribution in [3.05, 3.63) is 22.2 Å². The number of amides is 1. The van der Waals surface area contributed by atoms with Crippen LogP contribution in [0.4, 0.5) is 0 Å². The quantitative estimate of drug-likeness (QED) is 0.705. The van der Waals surface area contributed by atoms with E-state index in [1.165, 1.54) is 6.07 Å². The highest BCUT2D eigenvalue weighted by Gasteiger charge is 2.19. The fourth-order valence-electron chi connectivity index (χ4n) is 1.69. The molecule has 0 heterocycles. The topological polar surface area (TPSA) is 98.5 Å². The number of halogens is 1. The van der Waals surface area contributed by atoms with Crippen LogP contribution < -0.4 is 15.2 Å². The van der Waals surface area contributed by atoms with Gasteiger partial charge in [-0.15, -0.1) is 0 Å². The van der Waals surface area contributed by atoms with Gasteiger partial charge in [0.15, 0.2) is 6.61 Å². The number of ether oxygens (including phenoxy) is 1. The Balaban J connectivity index is 2.86. The van der Waals surface area contributed by atoms with E-state index < -0.39 is 10.0 Å². The molecule has 0 saturated heterocycles. The molecular formula is C13H19BrN2O4S. The van der Waals surface area contributed by atoms with Gasteiger partial charge in [-0.25, -0.2) is 13.6 Å². The zero-order valence-electron chi connectivity index (χ0n) is 12.0. The van der Waals surface area contributed by atoms with Gasteiger partial charge in [0.25, 0.3) is 5.91 Å². The number of unbranched alkanes of at least 4 members (excludes halogenated alkanes) is 1. The summed E-state index contributed by atoms with van der Waals surface area (Å²) in [6, 6.07) is 3.05. The minimum atomic E-state index is -3.93. The molecule has 0 bridgehead atoms. The minimum Gasteiger partial charge on any atom is -0.482 e. The molecule has 8 heteroatoms. The van der Waals surface area contributed by atoms with Crippen molar-refractivity contribution < 1.29 is 17.9 Å². The van der Waals surface area contributed by atoms with E-state index in [1.807, 2.05) is 6.92 Å². The second-order valence-electron chi connectivity index (χ2n) is 4.59. The molecule has 1 rings (SSSR count). The third-order valence-electron chi connectivity index (χ3n) is 2.71. The molecule has 0 atom stereocenters. The van der Waals surface area contributed by atoms with Crippen LogP contribution in [0.15, 0.2) is 21.5 Å². The summed E-state index contributed by atoms with van der Waals surface area (Å²) >= 11 is 3.21. The maximum Gasteiger partial charge on any atom is 0.257 e. The normalized spacial score (nSPS) is 11.2. The lowest BCUT2D eigenvalue weighted by molar-refractivity contribution is -0.123. The zero-order valence-corrected chi connectivity index (χ0v) is 14.4. The maximum absolute atomic E-state index is 11.6. The summed E-state index contributed by atoms with van der Waals surface area (Å²) < 4.78 is 29.1. The van der Waals surface area contributed by atoms with Crippen LogP contribution in [0.25, 0.3) is 0 Å². The van der Waals surface area contributed by atoms with E-state index in [1.54, 1.807) is 13.0 Å². The summed E-state index contributed by atoms with van der Waals surface area (Å²) in [5.74, 6) is -0.197. The van der Waals surface area contributed by atoms with Gasteiger partial charge >= 0.3 is 0 Å². The molecule has 0 unspecified atom stereocenters. The third-order valence-corrected chi connectivity index (χ3v) is 4.09. The van der Waals surface area contributed by atoms with Gasteiger partial charge in [0, 0.05) is 11.0 Å². The average Bonchev–Trinajstić information content (AvgIpc) is 2.36. The van der Waals surface area contributed by atoms with Crippen LogP contribution in [0.1, 0.15) is 25.3 Å². The second-order valence-corrected chi connectivity index (χ2v) is 7.03. The van der Waals surface area contributed by atoms with Crippen molar-refractivity contribution in [2.75, 3.05) is 13.2 Å². The number of hydrogen-bond donors (Lipinski definition) is 2. The molecule has 0 radical (unpaired) electrons.